The molecule has 1 rings (SSSR count). The second-order valence-corrected chi connectivity index (χ2v) is 3.89. The summed E-state index contributed by atoms with van der Waals surface area (Å²) >= 11 is 0. The van der Waals surface area contributed by atoms with Crippen LogP contribution in [-0.4, -0.2) is 48.3 Å². The normalized spacial score (nSPS) is 21.3. The Morgan fingerprint density at radius 3 is 2.87 bits per heavy atom. The van der Waals surface area contributed by atoms with Gasteiger partial charge in [0.25, 0.3) is 0 Å². The highest BCUT2D eigenvalue weighted by Gasteiger charge is 2.20. The van der Waals surface area contributed by atoms with Gasteiger partial charge in [-0.15, -0.1) is 0 Å². The third-order valence-electron chi connectivity index (χ3n) is 2.78. The lowest BCUT2D eigenvalue weighted by Crippen LogP contribution is -2.36. The van der Waals surface area contributed by atoms with Crippen molar-refractivity contribution in [3.8, 4) is 0 Å². The SMILES string of the molecule is CCN(CCO)C(=O)CC1CCCCO1. The van der Waals surface area contributed by atoms with Gasteiger partial charge in [-0.2, -0.15) is 0 Å². The molecular weight excluding hydrogens is 194 g/mol. The molecule has 0 aromatic rings. The molecule has 0 aromatic carbocycles. The number of amides is 1. The number of aliphatic hydroxyl groups is 1. The molecule has 0 bridgehead atoms. The maximum atomic E-state index is 11.8. The predicted molar refractivity (Wildman–Crippen MR) is 57.5 cm³/mol. The summed E-state index contributed by atoms with van der Waals surface area (Å²) in [6, 6.07) is 0. The Kier molecular flexibility index (Phi) is 5.65. The lowest BCUT2D eigenvalue weighted by atomic mass is 10.1. The first-order valence-electron chi connectivity index (χ1n) is 5.78. The predicted octanol–water partition coefficient (Wildman–Crippen LogP) is 0.786. The molecule has 0 saturated carbocycles. The van der Waals surface area contributed by atoms with Crippen LogP contribution in [-0.2, 0) is 9.53 Å². The Balaban J connectivity index is 2.31. The number of likely N-dealkylation sites (N-methyl/N-ethyl adjacent to an activating group) is 1. The molecule has 0 spiro atoms. The number of carbonyl (C=O) groups is 1. The van der Waals surface area contributed by atoms with E-state index in [0.717, 1.165) is 25.9 Å². The van der Waals surface area contributed by atoms with E-state index in [4.69, 9.17) is 9.84 Å². The first-order chi connectivity index (χ1) is 7.27. The van der Waals surface area contributed by atoms with Gasteiger partial charge in [0.1, 0.15) is 0 Å². The highest BCUT2D eigenvalue weighted by atomic mass is 16.5. The molecule has 1 atom stereocenters. The van der Waals surface area contributed by atoms with Crippen LogP contribution in [0.2, 0.25) is 0 Å². The standard InChI is InChI=1S/C11H21NO3/c1-2-12(6-7-13)11(14)9-10-5-3-4-8-15-10/h10,13H,2-9H2,1H3. The van der Waals surface area contributed by atoms with E-state index in [0.29, 0.717) is 19.5 Å². The molecule has 1 unspecified atom stereocenters. The van der Waals surface area contributed by atoms with Crippen LogP contribution in [0.4, 0.5) is 0 Å². The number of ether oxygens (including phenoxy) is 1. The van der Waals surface area contributed by atoms with E-state index < -0.39 is 0 Å². The van der Waals surface area contributed by atoms with E-state index >= 15 is 0 Å². The van der Waals surface area contributed by atoms with Crippen molar-refractivity contribution in [3.63, 3.8) is 0 Å². The minimum atomic E-state index is 0.0328. The van der Waals surface area contributed by atoms with E-state index in [9.17, 15) is 4.79 Å². The molecule has 88 valence electrons. The Morgan fingerprint density at radius 2 is 2.33 bits per heavy atom. The fourth-order valence-corrected chi connectivity index (χ4v) is 1.87. The summed E-state index contributed by atoms with van der Waals surface area (Å²) in [5.74, 6) is 0.0958. The van der Waals surface area contributed by atoms with Gasteiger partial charge in [-0.25, -0.2) is 0 Å². The summed E-state index contributed by atoms with van der Waals surface area (Å²) in [6.45, 7) is 3.83. The minimum absolute atomic E-state index is 0.0328. The first kappa shape index (κ1) is 12.5. The molecule has 1 fully saturated rings. The molecule has 4 heteroatoms. The second kappa shape index (κ2) is 6.80. The Bertz CT molecular complexity index is 190. The first-order valence-corrected chi connectivity index (χ1v) is 5.78. The minimum Gasteiger partial charge on any atom is -0.395 e. The highest BCUT2D eigenvalue weighted by molar-refractivity contribution is 5.76. The van der Waals surface area contributed by atoms with Crippen LogP contribution in [0, 0.1) is 0 Å². The van der Waals surface area contributed by atoms with Crippen molar-refractivity contribution in [1.82, 2.24) is 4.90 Å². The zero-order chi connectivity index (χ0) is 11.1. The van der Waals surface area contributed by atoms with Crippen LogP contribution in [0.5, 0.6) is 0 Å². The largest absolute Gasteiger partial charge is 0.395 e. The zero-order valence-corrected chi connectivity index (χ0v) is 9.45. The van der Waals surface area contributed by atoms with Crippen LogP contribution in [0.3, 0.4) is 0 Å². The molecule has 1 amide bonds. The lowest BCUT2D eigenvalue weighted by Gasteiger charge is -2.26. The molecule has 0 aliphatic carbocycles. The monoisotopic (exact) mass is 215 g/mol. The number of hydrogen-bond acceptors (Lipinski definition) is 3. The molecule has 15 heavy (non-hydrogen) atoms. The van der Waals surface area contributed by atoms with Gasteiger partial charge in [-0.1, -0.05) is 0 Å². The van der Waals surface area contributed by atoms with Gasteiger partial charge in [-0.05, 0) is 26.2 Å². The lowest BCUT2D eigenvalue weighted by molar-refractivity contribution is -0.135. The highest BCUT2D eigenvalue weighted by Crippen LogP contribution is 2.16. The molecule has 1 heterocycles. The van der Waals surface area contributed by atoms with Crippen molar-refractivity contribution in [3.05, 3.63) is 0 Å². The Morgan fingerprint density at radius 1 is 1.53 bits per heavy atom. The maximum absolute atomic E-state index is 11.8. The van der Waals surface area contributed by atoms with E-state index in [1.54, 1.807) is 4.90 Å². The number of rotatable bonds is 5. The number of aliphatic hydroxyl groups excluding tert-OH is 1. The van der Waals surface area contributed by atoms with Crippen molar-refractivity contribution in [2.45, 2.75) is 38.7 Å². The molecule has 1 aliphatic heterocycles. The number of hydrogen-bond donors (Lipinski definition) is 1. The Hall–Kier alpha value is -0.610. The van der Waals surface area contributed by atoms with Gasteiger partial charge in [0.2, 0.25) is 5.91 Å². The molecular formula is C11H21NO3. The molecule has 4 nitrogen and oxygen atoms in total. The third kappa shape index (κ3) is 4.18. The van der Waals surface area contributed by atoms with Gasteiger partial charge in [0, 0.05) is 19.7 Å². The van der Waals surface area contributed by atoms with E-state index in [-0.39, 0.29) is 18.6 Å². The topological polar surface area (TPSA) is 49.8 Å². The maximum Gasteiger partial charge on any atom is 0.225 e. The summed E-state index contributed by atoms with van der Waals surface area (Å²) in [5, 5.41) is 8.80. The van der Waals surface area contributed by atoms with Crippen molar-refractivity contribution in [1.29, 1.82) is 0 Å². The van der Waals surface area contributed by atoms with Crippen LogP contribution in [0.25, 0.3) is 0 Å². The summed E-state index contributed by atoms with van der Waals surface area (Å²) < 4.78 is 5.51. The van der Waals surface area contributed by atoms with Crippen LogP contribution < -0.4 is 0 Å². The van der Waals surface area contributed by atoms with E-state index in [1.165, 1.54) is 0 Å². The van der Waals surface area contributed by atoms with E-state index in [1.807, 2.05) is 6.92 Å². The average molecular weight is 215 g/mol. The van der Waals surface area contributed by atoms with Gasteiger partial charge in [0.05, 0.1) is 19.1 Å². The third-order valence-corrected chi connectivity index (χ3v) is 2.78. The van der Waals surface area contributed by atoms with Crippen LogP contribution in [0.1, 0.15) is 32.6 Å². The number of carbonyl (C=O) groups excluding carboxylic acids is 1. The quantitative estimate of drug-likeness (QED) is 0.737. The van der Waals surface area contributed by atoms with E-state index in [2.05, 4.69) is 0 Å². The van der Waals surface area contributed by atoms with Gasteiger partial charge in [-0.3, -0.25) is 4.79 Å². The summed E-state index contributed by atoms with van der Waals surface area (Å²) in [5.41, 5.74) is 0. The zero-order valence-electron chi connectivity index (χ0n) is 9.45. The van der Waals surface area contributed by atoms with Crippen molar-refractivity contribution in [2.75, 3.05) is 26.3 Å². The van der Waals surface area contributed by atoms with Crippen LogP contribution in [0.15, 0.2) is 0 Å². The smallest absolute Gasteiger partial charge is 0.225 e. The van der Waals surface area contributed by atoms with Crippen molar-refractivity contribution >= 4 is 5.91 Å². The van der Waals surface area contributed by atoms with Crippen LogP contribution >= 0.6 is 0 Å². The van der Waals surface area contributed by atoms with Gasteiger partial charge >= 0.3 is 0 Å². The van der Waals surface area contributed by atoms with Gasteiger partial charge in [0.15, 0.2) is 0 Å². The fourth-order valence-electron chi connectivity index (χ4n) is 1.87. The summed E-state index contributed by atoms with van der Waals surface area (Å²) in [6.07, 6.45) is 3.82. The summed E-state index contributed by atoms with van der Waals surface area (Å²) in [7, 11) is 0. The fraction of sp³-hybridized carbons (Fsp3) is 0.909. The molecule has 1 saturated heterocycles. The summed E-state index contributed by atoms with van der Waals surface area (Å²) in [4.78, 5) is 13.4. The average Bonchev–Trinajstić information content (AvgIpc) is 2.27. The van der Waals surface area contributed by atoms with Crippen molar-refractivity contribution in [2.24, 2.45) is 0 Å². The van der Waals surface area contributed by atoms with Crippen molar-refractivity contribution < 1.29 is 14.6 Å². The second-order valence-electron chi connectivity index (χ2n) is 3.89. The molecule has 0 aromatic heterocycles. The molecule has 0 radical (unpaired) electrons. The van der Waals surface area contributed by atoms with Gasteiger partial charge < -0.3 is 14.7 Å². The molecule has 1 N–H and O–H groups in total. The Labute approximate surface area is 91.2 Å². The molecule has 1 aliphatic rings. The number of nitrogens with zero attached hydrogens (tertiary/aromatic N) is 1.